The Balaban J connectivity index is 1.79. The summed E-state index contributed by atoms with van der Waals surface area (Å²) in [7, 11) is 0. The van der Waals surface area contributed by atoms with E-state index < -0.39 is 0 Å². The predicted octanol–water partition coefficient (Wildman–Crippen LogP) is 4.57. The molecule has 3 heteroatoms. The van der Waals surface area contributed by atoms with Gasteiger partial charge >= 0.3 is 5.97 Å². The van der Waals surface area contributed by atoms with Crippen molar-refractivity contribution in [2.75, 3.05) is 6.61 Å². The summed E-state index contributed by atoms with van der Waals surface area (Å²) >= 11 is 0. The van der Waals surface area contributed by atoms with Crippen LogP contribution in [0, 0.1) is 5.92 Å². The van der Waals surface area contributed by atoms with E-state index in [0.717, 1.165) is 31.3 Å². The van der Waals surface area contributed by atoms with Crippen LogP contribution in [-0.2, 0) is 14.3 Å². The summed E-state index contributed by atoms with van der Waals surface area (Å²) < 4.78 is 11.6. The molecule has 1 fully saturated rings. The van der Waals surface area contributed by atoms with Crippen molar-refractivity contribution in [2.24, 2.45) is 5.92 Å². The minimum absolute atomic E-state index is 0.0581. The van der Waals surface area contributed by atoms with Gasteiger partial charge in [-0.25, -0.2) is 0 Å². The van der Waals surface area contributed by atoms with Crippen molar-refractivity contribution in [2.45, 2.75) is 77.4 Å². The van der Waals surface area contributed by atoms with E-state index in [1.165, 1.54) is 6.42 Å². The van der Waals surface area contributed by atoms with Gasteiger partial charge < -0.3 is 9.47 Å². The van der Waals surface area contributed by atoms with Crippen molar-refractivity contribution < 1.29 is 14.3 Å². The highest BCUT2D eigenvalue weighted by Gasteiger charge is 2.47. The Morgan fingerprint density at radius 2 is 2.23 bits per heavy atom. The molecule has 0 unspecified atom stereocenters. The van der Waals surface area contributed by atoms with Crippen LogP contribution in [0.5, 0.6) is 0 Å². The molecule has 124 valence electrons. The smallest absolute Gasteiger partial charge is 0.306 e. The second-order valence-electron chi connectivity index (χ2n) is 7.23. The largest absolute Gasteiger partial charge is 0.461 e. The predicted molar refractivity (Wildman–Crippen MR) is 88.6 cm³/mol. The topological polar surface area (TPSA) is 35.5 Å². The van der Waals surface area contributed by atoms with Gasteiger partial charge in [0.15, 0.2) is 0 Å². The highest BCUT2D eigenvalue weighted by Crippen LogP contribution is 2.47. The van der Waals surface area contributed by atoms with E-state index in [4.69, 9.17) is 9.47 Å². The number of rotatable bonds is 7. The Morgan fingerprint density at radius 1 is 1.45 bits per heavy atom. The summed E-state index contributed by atoms with van der Waals surface area (Å²) in [5.41, 5.74) is 0.991. The van der Waals surface area contributed by atoms with Crippen molar-refractivity contribution in [3.8, 4) is 0 Å². The van der Waals surface area contributed by atoms with Crippen LogP contribution in [-0.4, -0.2) is 23.8 Å². The van der Waals surface area contributed by atoms with E-state index in [1.54, 1.807) is 0 Å². The average molecular weight is 306 g/mol. The first-order valence-electron chi connectivity index (χ1n) is 8.58. The molecule has 0 N–H and O–H groups in total. The van der Waals surface area contributed by atoms with Crippen LogP contribution in [0.25, 0.3) is 0 Å². The first-order valence-corrected chi connectivity index (χ1v) is 8.58. The number of fused-ring (bicyclic) bond motifs is 2. The Kier molecular flexibility index (Phi) is 5.49. The van der Waals surface area contributed by atoms with E-state index in [9.17, 15) is 4.79 Å². The van der Waals surface area contributed by atoms with Crippen LogP contribution in [0.1, 0.15) is 66.2 Å². The fourth-order valence-corrected chi connectivity index (χ4v) is 3.51. The molecule has 0 amide bonds. The molecule has 0 aromatic carbocycles. The molecule has 0 aromatic heterocycles. The van der Waals surface area contributed by atoms with Crippen molar-refractivity contribution in [1.82, 2.24) is 0 Å². The average Bonchev–Trinajstić information content (AvgIpc) is 2.45. The van der Waals surface area contributed by atoms with Gasteiger partial charge in [-0.1, -0.05) is 25.2 Å². The third kappa shape index (κ3) is 4.22. The maximum atomic E-state index is 11.4. The molecule has 22 heavy (non-hydrogen) atoms. The van der Waals surface area contributed by atoms with Crippen LogP contribution in [0.3, 0.4) is 0 Å². The van der Waals surface area contributed by atoms with Gasteiger partial charge in [0.25, 0.3) is 0 Å². The van der Waals surface area contributed by atoms with Crippen LogP contribution < -0.4 is 0 Å². The number of hydrogen-bond acceptors (Lipinski definition) is 3. The SMILES string of the molecule is CCCC(=O)OC/C(C)=C/CC[C@]1(C)O[C@]2(C)C=C[C@H]1CC2. The van der Waals surface area contributed by atoms with E-state index >= 15 is 0 Å². The monoisotopic (exact) mass is 306 g/mol. The minimum Gasteiger partial charge on any atom is -0.461 e. The lowest BCUT2D eigenvalue weighted by Crippen LogP contribution is -2.52. The number of carbonyl (C=O) groups is 1. The Bertz CT molecular complexity index is 465. The van der Waals surface area contributed by atoms with Gasteiger partial charge in [-0.3, -0.25) is 4.79 Å². The number of hydrogen-bond donors (Lipinski definition) is 0. The number of allylic oxidation sites excluding steroid dienone is 1. The van der Waals surface area contributed by atoms with Crippen LogP contribution in [0.15, 0.2) is 23.8 Å². The summed E-state index contributed by atoms with van der Waals surface area (Å²) in [6, 6.07) is 0. The zero-order valence-corrected chi connectivity index (χ0v) is 14.5. The third-order valence-electron chi connectivity index (χ3n) is 4.93. The maximum absolute atomic E-state index is 11.4. The second kappa shape index (κ2) is 6.99. The zero-order valence-electron chi connectivity index (χ0n) is 14.5. The Morgan fingerprint density at radius 3 is 2.82 bits per heavy atom. The quantitative estimate of drug-likeness (QED) is 0.510. The van der Waals surface area contributed by atoms with Gasteiger partial charge in [0, 0.05) is 12.3 Å². The maximum Gasteiger partial charge on any atom is 0.306 e. The van der Waals surface area contributed by atoms with E-state index in [-0.39, 0.29) is 17.2 Å². The molecule has 2 aliphatic heterocycles. The second-order valence-corrected chi connectivity index (χ2v) is 7.23. The molecule has 2 heterocycles. The summed E-state index contributed by atoms with van der Waals surface area (Å²) in [6.45, 7) is 8.85. The molecule has 1 saturated heterocycles. The molecule has 0 saturated carbocycles. The van der Waals surface area contributed by atoms with Crippen molar-refractivity contribution in [1.29, 1.82) is 0 Å². The normalized spacial score (nSPS) is 34.0. The van der Waals surface area contributed by atoms with E-state index in [1.807, 2.05) is 13.8 Å². The highest BCUT2D eigenvalue weighted by molar-refractivity contribution is 5.69. The summed E-state index contributed by atoms with van der Waals surface area (Å²) in [5, 5.41) is 0. The van der Waals surface area contributed by atoms with Gasteiger partial charge in [0.1, 0.15) is 6.61 Å². The molecule has 0 radical (unpaired) electrons. The number of esters is 1. The fourth-order valence-electron chi connectivity index (χ4n) is 3.51. The molecule has 2 bridgehead atoms. The molecule has 0 aromatic rings. The summed E-state index contributed by atoms with van der Waals surface area (Å²) in [4.78, 5) is 11.4. The fraction of sp³-hybridized carbons (Fsp3) is 0.737. The first kappa shape index (κ1) is 17.3. The molecule has 0 spiro atoms. The Hall–Kier alpha value is -1.09. The molecule has 1 aliphatic carbocycles. The first-order chi connectivity index (χ1) is 10.4. The lowest BCUT2D eigenvalue weighted by molar-refractivity contribution is -0.184. The van der Waals surface area contributed by atoms with Crippen LogP contribution in [0.2, 0.25) is 0 Å². The minimum atomic E-state index is -0.104. The molecule has 3 aliphatic rings. The summed E-state index contributed by atoms with van der Waals surface area (Å²) in [6.07, 6.45) is 12.4. The van der Waals surface area contributed by atoms with E-state index in [0.29, 0.717) is 18.9 Å². The molecular weight excluding hydrogens is 276 g/mol. The molecular formula is C19H30O3. The van der Waals surface area contributed by atoms with Gasteiger partial charge in [-0.15, -0.1) is 0 Å². The zero-order chi connectivity index (χ0) is 16.2. The number of carbonyl (C=O) groups excluding carboxylic acids is 1. The van der Waals surface area contributed by atoms with E-state index in [2.05, 4.69) is 32.1 Å². The molecule has 3 nitrogen and oxygen atoms in total. The van der Waals surface area contributed by atoms with Gasteiger partial charge in [0.05, 0.1) is 11.2 Å². The van der Waals surface area contributed by atoms with Gasteiger partial charge in [0.2, 0.25) is 0 Å². The Labute approximate surface area is 134 Å². The molecule has 3 atom stereocenters. The summed E-state index contributed by atoms with van der Waals surface area (Å²) in [5.74, 6) is 0.429. The van der Waals surface area contributed by atoms with Crippen LogP contribution in [0.4, 0.5) is 0 Å². The standard InChI is InChI=1S/C19H30O3/c1-5-7-17(20)21-14-15(2)8-6-11-19(4)16-9-12-18(3,22-19)13-10-16/h8-9,12,16H,5-7,10-11,13-14H2,1-4H3/b15-8+/t16-,18+,19-/m0/s1. The molecule has 3 rings (SSSR count). The van der Waals surface area contributed by atoms with Crippen LogP contribution >= 0.6 is 0 Å². The third-order valence-corrected chi connectivity index (χ3v) is 4.93. The lowest BCUT2D eigenvalue weighted by Gasteiger charge is -2.52. The highest BCUT2D eigenvalue weighted by atomic mass is 16.5. The van der Waals surface area contributed by atoms with Crippen molar-refractivity contribution >= 4 is 5.97 Å². The van der Waals surface area contributed by atoms with Crippen molar-refractivity contribution in [3.05, 3.63) is 23.8 Å². The van der Waals surface area contributed by atoms with Crippen molar-refractivity contribution in [3.63, 3.8) is 0 Å². The number of ether oxygens (including phenoxy) is 2. The lowest BCUT2D eigenvalue weighted by atomic mass is 9.71. The van der Waals surface area contributed by atoms with Gasteiger partial charge in [-0.05, 0) is 58.4 Å². The van der Waals surface area contributed by atoms with Gasteiger partial charge in [-0.2, -0.15) is 0 Å².